The lowest BCUT2D eigenvalue weighted by Crippen LogP contribution is -2.46. The maximum Gasteiger partial charge on any atom is 0.252 e. The van der Waals surface area contributed by atoms with Crippen molar-refractivity contribution >= 4 is 11.8 Å². The van der Waals surface area contributed by atoms with Crippen LogP contribution in [0.5, 0.6) is 0 Å². The van der Waals surface area contributed by atoms with Crippen molar-refractivity contribution in [2.45, 2.75) is 26.3 Å². The Morgan fingerprint density at radius 3 is 2.27 bits per heavy atom. The van der Waals surface area contributed by atoms with E-state index in [4.69, 9.17) is 5.73 Å². The molecule has 0 aliphatic heterocycles. The second-order valence-electron chi connectivity index (χ2n) is 5.24. The van der Waals surface area contributed by atoms with Gasteiger partial charge in [-0.3, -0.25) is 14.6 Å². The Morgan fingerprint density at radius 1 is 1.14 bits per heavy atom. The molecule has 3 N–H and O–H groups in total. The van der Waals surface area contributed by atoms with E-state index < -0.39 is 11.9 Å². The maximum absolute atomic E-state index is 12.2. The van der Waals surface area contributed by atoms with Crippen LogP contribution in [0, 0.1) is 13.8 Å². The highest BCUT2D eigenvalue weighted by molar-refractivity contribution is 5.97. The largest absolute Gasteiger partial charge is 0.368 e. The van der Waals surface area contributed by atoms with Crippen molar-refractivity contribution in [2.75, 3.05) is 0 Å². The maximum atomic E-state index is 12.2. The number of primary amides is 1. The van der Waals surface area contributed by atoms with Crippen molar-refractivity contribution in [3.05, 3.63) is 65.0 Å². The van der Waals surface area contributed by atoms with Gasteiger partial charge in [0.25, 0.3) is 5.91 Å². The molecule has 0 aliphatic rings. The fraction of sp³-hybridized carbons (Fsp3) is 0.235. The summed E-state index contributed by atoms with van der Waals surface area (Å²) in [7, 11) is 0. The second-order valence-corrected chi connectivity index (χ2v) is 5.24. The molecule has 0 saturated heterocycles. The molecule has 5 nitrogen and oxygen atoms in total. The SMILES string of the molecule is Cc1cccc(C)c1C[C@@H](NC(=O)c1ccncc1)C(N)=O. The predicted octanol–water partition coefficient (Wildman–Crippen LogP) is 1.52. The number of amides is 2. The zero-order valence-electron chi connectivity index (χ0n) is 12.7. The summed E-state index contributed by atoms with van der Waals surface area (Å²) in [5.74, 6) is -0.887. The first-order chi connectivity index (χ1) is 10.5. The van der Waals surface area contributed by atoms with E-state index in [1.807, 2.05) is 32.0 Å². The van der Waals surface area contributed by atoms with E-state index in [2.05, 4.69) is 10.3 Å². The molecule has 0 unspecified atom stereocenters. The average molecular weight is 297 g/mol. The van der Waals surface area contributed by atoms with Gasteiger partial charge >= 0.3 is 0 Å². The van der Waals surface area contributed by atoms with E-state index >= 15 is 0 Å². The minimum atomic E-state index is -0.750. The highest BCUT2D eigenvalue weighted by Crippen LogP contribution is 2.15. The molecule has 0 spiro atoms. The van der Waals surface area contributed by atoms with Gasteiger partial charge in [-0.15, -0.1) is 0 Å². The molecular weight excluding hydrogens is 278 g/mol. The Kier molecular flexibility index (Phi) is 4.88. The number of rotatable bonds is 5. The number of pyridine rings is 1. The summed E-state index contributed by atoms with van der Waals surface area (Å²) in [5, 5.41) is 2.69. The number of carbonyl (C=O) groups excluding carboxylic acids is 2. The fourth-order valence-corrected chi connectivity index (χ4v) is 2.34. The van der Waals surface area contributed by atoms with Crippen LogP contribution in [0.15, 0.2) is 42.7 Å². The lowest BCUT2D eigenvalue weighted by Gasteiger charge is -2.18. The van der Waals surface area contributed by atoms with Gasteiger partial charge in [0.1, 0.15) is 6.04 Å². The predicted molar refractivity (Wildman–Crippen MR) is 84.3 cm³/mol. The van der Waals surface area contributed by atoms with Gasteiger partial charge < -0.3 is 11.1 Å². The summed E-state index contributed by atoms with van der Waals surface area (Å²) in [6, 6.07) is 8.35. The zero-order chi connectivity index (χ0) is 16.1. The summed E-state index contributed by atoms with van der Waals surface area (Å²) in [4.78, 5) is 27.7. The zero-order valence-corrected chi connectivity index (χ0v) is 12.7. The van der Waals surface area contributed by atoms with Crippen LogP contribution < -0.4 is 11.1 Å². The third-order valence-electron chi connectivity index (χ3n) is 3.64. The lowest BCUT2D eigenvalue weighted by atomic mass is 9.96. The molecule has 0 bridgehead atoms. The summed E-state index contributed by atoms with van der Waals surface area (Å²) in [6.07, 6.45) is 3.43. The molecule has 1 aromatic carbocycles. The van der Waals surface area contributed by atoms with Crippen molar-refractivity contribution in [3.63, 3.8) is 0 Å². The smallest absolute Gasteiger partial charge is 0.252 e. The van der Waals surface area contributed by atoms with Gasteiger partial charge in [-0.25, -0.2) is 0 Å². The summed E-state index contributed by atoms with van der Waals surface area (Å²) < 4.78 is 0. The Bertz CT molecular complexity index is 663. The number of nitrogens with zero attached hydrogens (tertiary/aromatic N) is 1. The van der Waals surface area contributed by atoms with Gasteiger partial charge in [0.15, 0.2) is 0 Å². The third kappa shape index (κ3) is 3.69. The average Bonchev–Trinajstić information content (AvgIpc) is 2.50. The minimum Gasteiger partial charge on any atom is -0.368 e. The van der Waals surface area contributed by atoms with Crippen LogP contribution in [-0.4, -0.2) is 22.8 Å². The number of hydrogen-bond acceptors (Lipinski definition) is 3. The molecule has 114 valence electrons. The van der Waals surface area contributed by atoms with Crippen molar-refractivity contribution in [3.8, 4) is 0 Å². The van der Waals surface area contributed by atoms with Gasteiger partial charge in [0, 0.05) is 24.4 Å². The number of aromatic nitrogens is 1. The second kappa shape index (κ2) is 6.85. The van der Waals surface area contributed by atoms with Gasteiger partial charge in [-0.2, -0.15) is 0 Å². The molecule has 5 heteroatoms. The number of hydrogen-bond donors (Lipinski definition) is 2. The molecule has 1 heterocycles. The van der Waals surface area contributed by atoms with Gasteiger partial charge in [-0.05, 0) is 42.7 Å². The van der Waals surface area contributed by atoms with Crippen molar-refractivity contribution < 1.29 is 9.59 Å². The quantitative estimate of drug-likeness (QED) is 0.877. The van der Waals surface area contributed by atoms with Crippen LogP contribution in [0.2, 0.25) is 0 Å². The topological polar surface area (TPSA) is 85.1 Å². The van der Waals surface area contributed by atoms with Crippen molar-refractivity contribution in [2.24, 2.45) is 5.73 Å². The molecule has 2 rings (SSSR count). The minimum absolute atomic E-state index is 0.336. The van der Waals surface area contributed by atoms with Gasteiger partial charge in [0.05, 0.1) is 0 Å². The van der Waals surface area contributed by atoms with Crippen LogP contribution >= 0.6 is 0 Å². The van der Waals surface area contributed by atoms with E-state index in [9.17, 15) is 9.59 Å². The Hall–Kier alpha value is -2.69. The summed E-state index contributed by atoms with van der Waals surface area (Å²) in [6.45, 7) is 3.95. The third-order valence-corrected chi connectivity index (χ3v) is 3.64. The lowest BCUT2D eigenvalue weighted by molar-refractivity contribution is -0.119. The molecule has 1 aromatic heterocycles. The molecule has 2 aromatic rings. The van der Waals surface area contributed by atoms with E-state index in [1.165, 1.54) is 12.4 Å². The van der Waals surface area contributed by atoms with Crippen molar-refractivity contribution in [1.29, 1.82) is 0 Å². The van der Waals surface area contributed by atoms with Gasteiger partial charge in [-0.1, -0.05) is 18.2 Å². The highest BCUT2D eigenvalue weighted by Gasteiger charge is 2.21. The van der Waals surface area contributed by atoms with Crippen LogP contribution in [0.3, 0.4) is 0 Å². The summed E-state index contributed by atoms with van der Waals surface area (Å²) >= 11 is 0. The molecule has 1 atom stereocenters. The number of aryl methyl sites for hydroxylation is 2. The molecule has 2 amide bonds. The first-order valence-corrected chi connectivity index (χ1v) is 7.04. The standard InChI is InChI=1S/C17H19N3O2/c1-11-4-3-5-12(2)14(11)10-15(16(18)21)20-17(22)13-6-8-19-9-7-13/h3-9,15H,10H2,1-2H3,(H2,18,21)(H,20,22)/t15-/m1/s1. The fourth-order valence-electron chi connectivity index (χ4n) is 2.34. The van der Waals surface area contributed by atoms with Gasteiger partial charge in [0.2, 0.25) is 5.91 Å². The van der Waals surface area contributed by atoms with E-state index in [1.54, 1.807) is 12.1 Å². The molecule has 0 aliphatic carbocycles. The van der Waals surface area contributed by atoms with Crippen LogP contribution in [-0.2, 0) is 11.2 Å². The van der Waals surface area contributed by atoms with E-state index in [-0.39, 0.29) is 5.91 Å². The van der Waals surface area contributed by atoms with Crippen LogP contribution in [0.1, 0.15) is 27.0 Å². The molecule has 22 heavy (non-hydrogen) atoms. The Morgan fingerprint density at radius 2 is 1.73 bits per heavy atom. The van der Waals surface area contributed by atoms with E-state index in [0.717, 1.165) is 16.7 Å². The monoisotopic (exact) mass is 297 g/mol. The Labute approximate surface area is 129 Å². The normalized spacial score (nSPS) is 11.7. The first-order valence-electron chi connectivity index (χ1n) is 7.04. The number of benzene rings is 1. The van der Waals surface area contributed by atoms with E-state index in [0.29, 0.717) is 12.0 Å². The molecular formula is C17H19N3O2. The number of nitrogens with one attached hydrogen (secondary N) is 1. The molecule has 0 saturated carbocycles. The number of carbonyl (C=O) groups is 2. The first kappa shape index (κ1) is 15.7. The van der Waals surface area contributed by atoms with Crippen molar-refractivity contribution in [1.82, 2.24) is 10.3 Å². The molecule has 0 fully saturated rings. The van der Waals surface area contributed by atoms with Crippen LogP contribution in [0.25, 0.3) is 0 Å². The highest BCUT2D eigenvalue weighted by atomic mass is 16.2. The molecule has 0 radical (unpaired) electrons. The Balaban J connectivity index is 2.18. The summed E-state index contributed by atoms with van der Waals surface area (Å²) in [5.41, 5.74) is 9.07. The number of nitrogens with two attached hydrogens (primary N) is 1. The van der Waals surface area contributed by atoms with Crippen LogP contribution in [0.4, 0.5) is 0 Å².